The minimum Gasteiger partial charge on any atom is -0.319 e. The van der Waals surface area contributed by atoms with E-state index in [1.54, 1.807) is 23.7 Å². The van der Waals surface area contributed by atoms with Crippen LogP contribution in [0.25, 0.3) is 10.2 Å². The first-order valence-corrected chi connectivity index (χ1v) is 8.22. The summed E-state index contributed by atoms with van der Waals surface area (Å²) in [6, 6.07) is 9.12. The Morgan fingerprint density at radius 3 is 2.58 bits per heavy atom. The Labute approximate surface area is 149 Å². The molecule has 1 heterocycles. The van der Waals surface area contributed by atoms with E-state index in [-0.39, 0.29) is 16.3 Å². The summed E-state index contributed by atoms with van der Waals surface area (Å²) in [5, 5.41) is 11.9. The molecule has 0 unspecified atom stereocenters. The lowest BCUT2D eigenvalue weighted by atomic mass is 10.2. The maximum Gasteiger partial charge on any atom is 0.286 e. The van der Waals surface area contributed by atoms with Gasteiger partial charge in [0.2, 0.25) is 0 Å². The summed E-state index contributed by atoms with van der Waals surface area (Å²) in [7, 11) is 1.76. The van der Waals surface area contributed by atoms with E-state index in [0.29, 0.717) is 9.82 Å². The predicted octanol–water partition coefficient (Wildman–Crippen LogP) is 4.20. The standard InChI is InChI=1S/C15H9Cl2N3O3S/c1-19-12-5-3-9(17)7-13(12)24-15(19)18-14(21)10-6-8(16)2-4-11(10)20(22)23/h2-7H,1H3. The lowest BCUT2D eigenvalue weighted by Crippen LogP contribution is -2.14. The quantitative estimate of drug-likeness (QED) is 0.492. The van der Waals surface area contributed by atoms with Gasteiger partial charge in [-0.25, -0.2) is 0 Å². The number of halogens is 2. The number of aryl methyl sites for hydroxylation is 1. The molecule has 0 radical (unpaired) electrons. The molecule has 0 bridgehead atoms. The molecule has 3 rings (SSSR count). The van der Waals surface area contributed by atoms with Gasteiger partial charge in [-0.3, -0.25) is 14.9 Å². The number of benzene rings is 2. The Kier molecular flexibility index (Phi) is 4.40. The number of hydrogen-bond donors (Lipinski definition) is 0. The van der Waals surface area contributed by atoms with E-state index in [9.17, 15) is 14.9 Å². The topological polar surface area (TPSA) is 77.5 Å². The van der Waals surface area contributed by atoms with Crippen molar-refractivity contribution in [3.05, 3.63) is 66.9 Å². The fourth-order valence-electron chi connectivity index (χ4n) is 2.20. The number of nitrogens with zero attached hydrogens (tertiary/aromatic N) is 3. The van der Waals surface area contributed by atoms with Crippen molar-refractivity contribution >= 4 is 56.3 Å². The van der Waals surface area contributed by atoms with E-state index in [0.717, 1.165) is 10.2 Å². The first kappa shape index (κ1) is 16.6. The van der Waals surface area contributed by atoms with Gasteiger partial charge in [-0.1, -0.05) is 34.5 Å². The number of fused-ring (bicyclic) bond motifs is 1. The lowest BCUT2D eigenvalue weighted by Gasteiger charge is -1.99. The smallest absolute Gasteiger partial charge is 0.286 e. The van der Waals surface area contributed by atoms with Crippen LogP contribution in [0.4, 0.5) is 5.69 Å². The molecule has 6 nitrogen and oxygen atoms in total. The third kappa shape index (κ3) is 3.06. The first-order valence-electron chi connectivity index (χ1n) is 6.65. The lowest BCUT2D eigenvalue weighted by molar-refractivity contribution is -0.385. The van der Waals surface area contributed by atoms with E-state index in [2.05, 4.69) is 4.99 Å². The summed E-state index contributed by atoms with van der Waals surface area (Å²) >= 11 is 13.1. The van der Waals surface area contributed by atoms with Crippen molar-refractivity contribution in [1.29, 1.82) is 0 Å². The summed E-state index contributed by atoms with van der Waals surface area (Å²) in [6.45, 7) is 0. The Bertz CT molecular complexity index is 1060. The number of nitro groups is 1. The maximum atomic E-state index is 12.4. The summed E-state index contributed by atoms with van der Waals surface area (Å²) in [6.07, 6.45) is 0. The summed E-state index contributed by atoms with van der Waals surface area (Å²) < 4.78 is 2.59. The zero-order valence-corrected chi connectivity index (χ0v) is 14.5. The fourth-order valence-corrected chi connectivity index (χ4v) is 3.67. The minimum absolute atomic E-state index is 0.150. The number of hydrogen-bond acceptors (Lipinski definition) is 4. The Morgan fingerprint density at radius 1 is 1.21 bits per heavy atom. The van der Waals surface area contributed by atoms with Crippen molar-refractivity contribution in [1.82, 2.24) is 4.57 Å². The number of nitro benzene ring substituents is 1. The van der Waals surface area contributed by atoms with Gasteiger partial charge in [-0.2, -0.15) is 4.99 Å². The SMILES string of the molecule is Cn1c(=NC(=O)c2cc(Cl)ccc2[N+](=O)[O-])sc2cc(Cl)ccc21. The average Bonchev–Trinajstić information content (AvgIpc) is 2.82. The molecule has 0 aliphatic rings. The van der Waals surface area contributed by atoms with Gasteiger partial charge in [0.05, 0.1) is 15.1 Å². The normalized spacial score (nSPS) is 11.9. The molecule has 0 atom stereocenters. The van der Waals surface area contributed by atoms with Gasteiger partial charge in [0.25, 0.3) is 11.6 Å². The zero-order valence-electron chi connectivity index (χ0n) is 12.2. The van der Waals surface area contributed by atoms with Crippen LogP contribution in [-0.4, -0.2) is 15.4 Å². The third-order valence-corrected chi connectivity index (χ3v) is 4.92. The van der Waals surface area contributed by atoms with Crippen LogP contribution in [0.15, 0.2) is 41.4 Å². The molecule has 1 aromatic heterocycles. The molecule has 0 saturated heterocycles. The highest BCUT2D eigenvalue weighted by Crippen LogP contribution is 2.24. The van der Waals surface area contributed by atoms with Gasteiger partial charge in [0, 0.05) is 23.2 Å². The molecule has 0 fully saturated rings. The van der Waals surface area contributed by atoms with E-state index in [1.807, 2.05) is 6.07 Å². The van der Waals surface area contributed by atoms with E-state index in [1.165, 1.54) is 29.5 Å². The Hall–Kier alpha value is -2.22. The molecule has 3 aromatic rings. The van der Waals surface area contributed by atoms with Crippen LogP contribution in [0.5, 0.6) is 0 Å². The number of amides is 1. The van der Waals surface area contributed by atoms with Crippen LogP contribution >= 0.6 is 34.5 Å². The fraction of sp³-hybridized carbons (Fsp3) is 0.0667. The van der Waals surface area contributed by atoms with Gasteiger partial charge < -0.3 is 4.57 Å². The van der Waals surface area contributed by atoms with Crippen molar-refractivity contribution in [2.75, 3.05) is 0 Å². The molecular formula is C15H9Cl2N3O3S. The van der Waals surface area contributed by atoms with Crippen LogP contribution in [0.2, 0.25) is 10.0 Å². The predicted molar refractivity (Wildman–Crippen MR) is 93.8 cm³/mol. The number of carbonyl (C=O) groups is 1. The maximum absolute atomic E-state index is 12.4. The van der Waals surface area contributed by atoms with Crippen LogP contribution in [0.3, 0.4) is 0 Å². The molecule has 1 amide bonds. The number of aromatic nitrogens is 1. The van der Waals surface area contributed by atoms with E-state index < -0.39 is 10.8 Å². The molecule has 0 saturated carbocycles. The second-order valence-corrected chi connectivity index (χ2v) is 6.77. The highest BCUT2D eigenvalue weighted by molar-refractivity contribution is 7.16. The van der Waals surface area contributed by atoms with Gasteiger partial charge in [-0.05, 0) is 30.3 Å². The monoisotopic (exact) mass is 381 g/mol. The van der Waals surface area contributed by atoms with Crippen molar-refractivity contribution in [3.8, 4) is 0 Å². The van der Waals surface area contributed by atoms with Crippen molar-refractivity contribution < 1.29 is 9.72 Å². The highest BCUT2D eigenvalue weighted by atomic mass is 35.5. The zero-order chi connectivity index (χ0) is 17.4. The molecule has 0 aliphatic carbocycles. The van der Waals surface area contributed by atoms with Crippen LogP contribution in [0, 0.1) is 10.1 Å². The number of carbonyl (C=O) groups excluding carboxylic acids is 1. The van der Waals surface area contributed by atoms with Gasteiger partial charge in [0.1, 0.15) is 5.56 Å². The van der Waals surface area contributed by atoms with Crippen LogP contribution < -0.4 is 4.80 Å². The number of rotatable bonds is 2. The van der Waals surface area contributed by atoms with E-state index >= 15 is 0 Å². The average molecular weight is 382 g/mol. The van der Waals surface area contributed by atoms with E-state index in [4.69, 9.17) is 23.2 Å². The molecule has 0 aliphatic heterocycles. The van der Waals surface area contributed by atoms with Crippen molar-refractivity contribution in [2.24, 2.45) is 12.0 Å². The Morgan fingerprint density at radius 2 is 1.88 bits per heavy atom. The second-order valence-electron chi connectivity index (χ2n) is 4.89. The first-order chi connectivity index (χ1) is 11.4. The molecular weight excluding hydrogens is 373 g/mol. The van der Waals surface area contributed by atoms with Crippen LogP contribution in [0.1, 0.15) is 10.4 Å². The third-order valence-electron chi connectivity index (χ3n) is 3.35. The molecule has 9 heteroatoms. The molecule has 2 aromatic carbocycles. The highest BCUT2D eigenvalue weighted by Gasteiger charge is 2.20. The minimum atomic E-state index is -0.725. The molecule has 0 spiro atoms. The largest absolute Gasteiger partial charge is 0.319 e. The van der Waals surface area contributed by atoms with Crippen molar-refractivity contribution in [2.45, 2.75) is 0 Å². The Balaban J connectivity index is 2.16. The number of thiazole rings is 1. The summed E-state index contributed by atoms with van der Waals surface area (Å²) in [4.78, 5) is 27.3. The van der Waals surface area contributed by atoms with Crippen LogP contribution in [-0.2, 0) is 7.05 Å². The molecule has 0 N–H and O–H groups in total. The second kappa shape index (κ2) is 6.35. The van der Waals surface area contributed by atoms with Gasteiger partial charge in [0.15, 0.2) is 4.80 Å². The summed E-state index contributed by atoms with van der Waals surface area (Å²) in [5.74, 6) is -0.725. The van der Waals surface area contributed by atoms with Gasteiger partial charge in [-0.15, -0.1) is 0 Å². The summed E-state index contributed by atoms with van der Waals surface area (Å²) in [5.41, 5.74) is 0.375. The molecule has 24 heavy (non-hydrogen) atoms. The van der Waals surface area contributed by atoms with Crippen molar-refractivity contribution in [3.63, 3.8) is 0 Å². The molecule has 122 valence electrons. The van der Waals surface area contributed by atoms with Gasteiger partial charge >= 0.3 is 0 Å².